The molecule has 0 saturated carbocycles. The van der Waals surface area contributed by atoms with Crippen LogP contribution in [-0.2, 0) is 11.2 Å². The standard InChI is InChI=1S/C18H29N7O2/c1-6-19-17(25(5)12-15(26)22-18(2,3)4)20-10-9-14-21-16(24-23-14)13-8-7-11-27-13/h7-8,11H,6,9-10,12H2,1-5H3,(H,19,20)(H,22,26)(H,21,23,24). The number of aromatic amines is 1. The van der Waals surface area contributed by atoms with Crippen molar-refractivity contribution < 1.29 is 9.21 Å². The van der Waals surface area contributed by atoms with Gasteiger partial charge in [-0.05, 0) is 39.8 Å². The summed E-state index contributed by atoms with van der Waals surface area (Å²) in [5.74, 6) is 2.51. The quantitative estimate of drug-likeness (QED) is 0.498. The highest BCUT2D eigenvalue weighted by Crippen LogP contribution is 2.14. The molecule has 0 spiro atoms. The van der Waals surface area contributed by atoms with Crippen molar-refractivity contribution in [1.82, 2.24) is 30.7 Å². The molecule has 9 nitrogen and oxygen atoms in total. The lowest BCUT2D eigenvalue weighted by Crippen LogP contribution is -2.48. The van der Waals surface area contributed by atoms with Gasteiger partial charge in [-0.2, -0.15) is 5.10 Å². The molecule has 0 aliphatic heterocycles. The smallest absolute Gasteiger partial charge is 0.240 e. The number of rotatable bonds is 7. The van der Waals surface area contributed by atoms with Gasteiger partial charge < -0.3 is 20.0 Å². The number of nitrogens with one attached hydrogen (secondary N) is 3. The highest BCUT2D eigenvalue weighted by Gasteiger charge is 2.16. The molecule has 0 radical (unpaired) electrons. The van der Waals surface area contributed by atoms with E-state index in [1.54, 1.807) is 17.2 Å². The number of H-pyrrole nitrogens is 1. The number of furan rings is 1. The number of guanidine groups is 1. The average Bonchev–Trinajstić information content (AvgIpc) is 3.23. The molecule has 27 heavy (non-hydrogen) atoms. The Morgan fingerprint density at radius 1 is 1.41 bits per heavy atom. The van der Waals surface area contributed by atoms with Crippen molar-refractivity contribution >= 4 is 11.9 Å². The molecule has 9 heteroatoms. The minimum atomic E-state index is -0.259. The molecule has 148 valence electrons. The van der Waals surface area contributed by atoms with Crippen LogP contribution in [0.5, 0.6) is 0 Å². The molecule has 3 N–H and O–H groups in total. The van der Waals surface area contributed by atoms with E-state index in [0.717, 1.165) is 12.4 Å². The van der Waals surface area contributed by atoms with Crippen LogP contribution < -0.4 is 10.6 Å². The Hall–Kier alpha value is -2.84. The highest BCUT2D eigenvalue weighted by molar-refractivity contribution is 5.86. The second kappa shape index (κ2) is 9.20. The second-order valence-corrected chi connectivity index (χ2v) is 7.22. The predicted molar refractivity (Wildman–Crippen MR) is 104 cm³/mol. The fourth-order valence-electron chi connectivity index (χ4n) is 2.41. The third-order valence-corrected chi connectivity index (χ3v) is 3.48. The van der Waals surface area contributed by atoms with E-state index in [4.69, 9.17) is 4.42 Å². The molecule has 0 aromatic carbocycles. The van der Waals surface area contributed by atoms with E-state index in [2.05, 4.69) is 30.8 Å². The Balaban J connectivity index is 1.91. The number of aliphatic imine (C=N–C) groups is 1. The third kappa shape index (κ3) is 6.76. The number of nitrogens with zero attached hydrogens (tertiary/aromatic N) is 4. The number of hydrogen-bond donors (Lipinski definition) is 3. The van der Waals surface area contributed by atoms with Gasteiger partial charge in [0.1, 0.15) is 5.82 Å². The minimum absolute atomic E-state index is 0.0473. The summed E-state index contributed by atoms with van der Waals surface area (Å²) >= 11 is 0. The first-order valence-corrected chi connectivity index (χ1v) is 9.04. The Bertz CT molecular complexity index is 744. The van der Waals surface area contributed by atoms with Crippen LogP contribution in [0.2, 0.25) is 0 Å². The van der Waals surface area contributed by atoms with Crippen molar-refractivity contribution in [2.75, 3.05) is 26.7 Å². The van der Waals surface area contributed by atoms with Crippen molar-refractivity contribution in [2.24, 2.45) is 4.99 Å². The number of hydrogen-bond acceptors (Lipinski definition) is 5. The van der Waals surface area contributed by atoms with Crippen LogP contribution in [0, 0.1) is 0 Å². The highest BCUT2D eigenvalue weighted by atomic mass is 16.3. The van der Waals surface area contributed by atoms with Crippen molar-refractivity contribution in [3.63, 3.8) is 0 Å². The largest absolute Gasteiger partial charge is 0.461 e. The van der Waals surface area contributed by atoms with Gasteiger partial charge in [0.05, 0.1) is 12.8 Å². The van der Waals surface area contributed by atoms with Crippen molar-refractivity contribution in [1.29, 1.82) is 0 Å². The third-order valence-electron chi connectivity index (χ3n) is 3.48. The summed E-state index contributed by atoms with van der Waals surface area (Å²) in [5.41, 5.74) is -0.259. The second-order valence-electron chi connectivity index (χ2n) is 7.22. The molecule has 2 heterocycles. The Kier molecular flexibility index (Phi) is 6.98. The molecule has 0 fully saturated rings. The van der Waals surface area contributed by atoms with Crippen LogP contribution in [0.4, 0.5) is 0 Å². The maximum atomic E-state index is 12.1. The summed E-state index contributed by atoms with van der Waals surface area (Å²) in [6, 6.07) is 3.61. The monoisotopic (exact) mass is 375 g/mol. The van der Waals surface area contributed by atoms with Crippen LogP contribution in [0.3, 0.4) is 0 Å². The molecule has 0 aliphatic carbocycles. The summed E-state index contributed by atoms with van der Waals surface area (Å²) in [7, 11) is 1.84. The zero-order valence-electron chi connectivity index (χ0n) is 16.7. The van der Waals surface area contributed by atoms with Gasteiger partial charge in [-0.15, -0.1) is 0 Å². The lowest BCUT2D eigenvalue weighted by atomic mass is 10.1. The lowest BCUT2D eigenvalue weighted by molar-refractivity contribution is -0.122. The SMILES string of the molecule is CCNC(=NCCc1nc(-c2ccco2)n[nH]1)N(C)CC(=O)NC(C)(C)C. The first-order chi connectivity index (χ1) is 12.8. The number of carbonyl (C=O) groups is 1. The molecule has 0 atom stereocenters. The van der Waals surface area contributed by atoms with E-state index < -0.39 is 0 Å². The summed E-state index contributed by atoms with van der Waals surface area (Å²) in [6.07, 6.45) is 2.19. The number of amides is 1. The van der Waals surface area contributed by atoms with Gasteiger partial charge in [0, 0.05) is 32.1 Å². The first-order valence-electron chi connectivity index (χ1n) is 9.04. The zero-order valence-corrected chi connectivity index (χ0v) is 16.7. The van der Waals surface area contributed by atoms with Crippen molar-refractivity contribution in [2.45, 2.75) is 39.7 Å². The molecule has 2 rings (SSSR count). The van der Waals surface area contributed by atoms with Gasteiger partial charge in [-0.25, -0.2) is 4.98 Å². The van der Waals surface area contributed by atoms with Gasteiger partial charge in [0.15, 0.2) is 11.7 Å². The van der Waals surface area contributed by atoms with Gasteiger partial charge in [-0.1, -0.05) is 0 Å². The Morgan fingerprint density at radius 2 is 2.19 bits per heavy atom. The molecular weight excluding hydrogens is 346 g/mol. The maximum absolute atomic E-state index is 12.1. The fraction of sp³-hybridized carbons (Fsp3) is 0.556. The molecular formula is C18H29N7O2. The Labute approximate surface area is 159 Å². The van der Waals surface area contributed by atoms with E-state index in [1.807, 2.05) is 40.8 Å². The summed E-state index contributed by atoms with van der Waals surface area (Å²) in [4.78, 5) is 22.9. The summed E-state index contributed by atoms with van der Waals surface area (Å²) < 4.78 is 5.28. The maximum Gasteiger partial charge on any atom is 0.240 e. The predicted octanol–water partition coefficient (Wildman–Crippen LogP) is 1.42. The average molecular weight is 375 g/mol. The number of carbonyl (C=O) groups excluding carboxylic acids is 1. The van der Waals surface area contributed by atoms with E-state index in [-0.39, 0.29) is 18.0 Å². The van der Waals surface area contributed by atoms with E-state index in [9.17, 15) is 4.79 Å². The van der Waals surface area contributed by atoms with E-state index in [1.165, 1.54) is 0 Å². The van der Waals surface area contributed by atoms with Crippen LogP contribution in [0.1, 0.15) is 33.5 Å². The number of likely N-dealkylation sites (N-methyl/N-ethyl adjacent to an activating group) is 1. The normalized spacial score (nSPS) is 12.1. The van der Waals surface area contributed by atoms with Gasteiger partial charge in [0.2, 0.25) is 11.7 Å². The van der Waals surface area contributed by atoms with E-state index in [0.29, 0.717) is 30.5 Å². The lowest BCUT2D eigenvalue weighted by Gasteiger charge is -2.25. The summed E-state index contributed by atoms with van der Waals surface area (Å²) in [5, 5.41) is 13.2. The Morgan fingerprint density at radius 3 is 2.81 bits per heavy atom. The van der Waals surface area contributed by atoms with Gasteiger partial charge in [0.25, 0.3) is 0 Å². The molecule has 2 aromatic heterocycles. The van der Waals surface area contributed by atoms with Gasteiger partial charge >= 0.3 is 0 Å². The fourth-order valence-corrected chi connectivity index (χ4v) is 2.41. The van der Waals surface area contributed by atoms with Crippen LogP contribution in [-0.4, -0.2) is 64.2 Å². The molecule has 0 bridgehead atoms. The summed E-state index contributed by atoms with van der Waals surface area (Å²) in [6.45, 7) is 9.32. The van der Waals surface area contributed by atoms with Gasteiger partial charge in [-0.3, -0.25) is 14.9 Å². The van der Waals surface area contributed by atoms with Crippen molar-refractivity contribution in [3.05, 3.63) is 24.2 Å². The minimum Gasteiger partial charge on any atom is -0.461 e. The first kappa shape index (κ1) is 20.5. The van der Waals surface area contributed by atoms with Crippen LogP contribution in [0.25, 0.3) is 11.6 Å². The van der Waals surface area contributed by atoms with Crippen molar-refractivity contribution in [3.8, 4) is 11.6 Å². The number of aromatic nitrogens is 3. The molecule has 2 aromatic rings. The zero-order chi connectivity index (χ0) is 19.9. The molecule has 0 saturated heterocycles. The molecule has 0 unspecified atom stereocenters. The van der Waals surface area contributed by atoms with Crippen LogP contribution >= 0.6 is 0 Å². The van der Waals surface area contributed by atoms with E-state index >= 15 is 0 Å². The van der Waals surface area contributed by atoms with Crippen LogP contribution in [0.15, 0.2) is 27.8 Å². The topological polar surface area (TPSA) is 111 Å². The molecule has 0 aliphatic rings. The molecule has 1 amide bonds.